The van der Waals surface area contributed by atoms with Gasteiger partial charge in [-0.3, -0.25) is 9.88 Å². The van der Waals surface area contributed by atoms with Crippen molar-refractivity contribution in [3.63, 3.8) is 0 Å². The lowest BCUT2D eigenvalue weighted by Gasteiger charge is -2.37. The highest BCUT2D eigenvalue weighted by atomic mass is 16.5. The molecule has 0 radical (unpaired) electrons. The molecule has 0 aliphatic carbocycles. The summed E-state index contributed by atoms with van der Waals surface area (Å²) in [5.41, 5.74) is 1.80. The average molecular weight is 367 g/mol. The fourth-order valence-electron chi connectivity index (χ4n) is 3.12. The molecule has 1 aromatic carbocycles. The Bertz CT molecular complexity index is 893. The van der Waals surface area contributed by atoms with Gasteiger partial charge in [0.05, 0.1) is 25.8 Å². The Morgan fingerprint density at radius 3 is 2.85 bits per heavy atom. The van der Waals surface area contributed by atoms with Crippen molar-refractivity contribution in [2.45, 2.75) is 19.4 Å². The third kappa shape index (κ3) is 3.75. The minimum Gasteiger partial charge on any atom is -0.493 e. The molecule has 8 nitrogen and oxygen atoms in total. The van der Waals surface area contributed by atoms with Crippen molar-refractivity contribution < 1.29 is 14.0 Å². The largest absolute Gasteiger partial charge is 0.493 e. The minimum absolute atomic E-state index is 0.243. The van der Waals surface area contributed by atoms with Crippen LogP contribution < -0.4 is 9.47 Å². The van der Waals surface area contributed by atoms with Gasteiger partial charge in [0.15, 0.2) is 11.5 Å². The molecule has 1 fully saturated rings. The molecule has 8 heteroatoms. The Labute approximate surface area is 157 Å². The zero-order valence-electron chi connectivity index (χ0n) is 15.3. The molecule has 0 spiro atoms. The summed E-state index contributed by atoms with van der Waals surface area (Å²) in [4.78, 5) is 15.0. The standard InChI is InChI=1S/C19H21N5O3/c1-3-26-16-5-4-13(8-17(16)25-2)10-24-11-14(12-24)19-22-18(23-27-19)15-9-20-6-7-21-15/h4-9,14H,3,10-12H2,1-2H3. The predicted molar refractivity (Wildman–Crippen MR) is 97.5 cm³/mol. The van der Waals surface area contributed by atoms with Gasteiger partial charge in [-0.05, 0) is 24.6 Å². The van der Waals surface area contributed by atoms with E-state index in [1.54, 1.807) is 25.7 Å². The van der Waals surface area contributed by atoms with Gasteiger partial charge in [0.2, 0.25) is 11.7 Å². The van der Waals surface area contributed by atoms with E-state index in [1.807, 2.05) is 19.1 Å². The highest BCUT2D eigenvalue weighted by molar-refractivity contribution is 5.45. The van der Waals surface area contributed by atoms with Gasteiger partial charge < -0.3 is 14.0 Å². The van der Waals surface area contributed by atoms with E-state index in [0.29, 0.717) is 24.0 Å². The van der Waals surface area contributed by atoms with Crippen molar-refractivity contribution in [2.24, 2.45) is 0 Å². The van der Waals surface area contributed by atoms with Crippen LogP contribution in [0.4, 0.5) is 0 Å². The second-order valence-electron chi connectivity index (χ2n) is 6.36. The average Bonchev–Trinajstić information content (AvgIpc) is 3.16. The molecule has 0 atom stereocenters. The van der Waals surface area contributed by atoms with E-state index in [-0.39, 0.29) is 5.92 Å². The Morgan fingerprint density at radius 2 is 2.11 bits per heavy atom. The molecule has 27 heavy (non-hydrogen) atoms. The normalized spacial score (nSPS) is 14.7. The lowest BCUT2D eigenvalue weighted by molar-refractivity contribution is 0.117. The summed E-state index contributed by atoms with van der Waals surface area (Å²) in [6, 6.07) is 6.05. The van der Waals surface area contributed by atoms with E-state index in [4.69, 9.17) is 14.0 Å². The summed E-state index contributed by atoms with van der Waals surface area (Å²) in [5, 5.41) is 4.01. The van der Waals surface area contributed by atoms with Gasteiger partial charge in [0.25, 0.3) is 0 Å². The molecular weight excluding hydrogens is 346 g/mol. The minimum atomic E-state index is 0.243. The zero-order chi connectivity index (χ0) is 18.6. The van der Waals surface area contributed by atoms with E-state index in [2.05, 4.69) is 31.1 Å². The number of hydrogen-bond donors (Lipinski definition) is 0. The molecule has 1 saturated heterocycles. The molecule has 2 aromatic heterocycles. The van der Waals surface area contributed by atoms with Crippen LogP contribution in [0.3, 0.4) is 0 Å². The number of methoxy groups -OCH3 is 1. The zero-order valence-corrected chi connectivity index (χ0v) is 15.3. The smallest absolute Gasteiger partial charge is 0.232 e. The molecule has 1 aliphatic heterocycles. The molecule has 0 N–H and O–H groups in total. The first kappa shape index (κ1) is 17.4. The van der Waals surface area contributed by atoms with Crippen molar-refractivity contribution in [3.05, 3.63) is 48.2 Å². The Morgan fingerprint density at radius 1 is 1.22 bits per heavy atom. The van der Waals surface area contributed by atoms with Crippen molar-refractivity contribution in [1.29, 1.82) is 0 Å². The summed E-state index contributed by atoms with van der Waals surface area (Å²) in [5.74, 6) is 2.90. The van der Waals surface area contributed by atoms with Gasteiger partial charge in [-0.1, -0.05) is 11.2 Å². The van der Waals surface area contributed by atoms with Crippen LogP contribution in [0.5, 0.6) is 11.5 Å². The van der Waals surface area contributed by atoms with E-state index in [1.165, 1.54) is 5.56 Å². The number of benzene rings is 1. The van der Waals surface area contributed by atoms with Crippen molar-refractivity contribution in [3.8, 4) is 23.0 Å². The van der Waals surface area contributed by atoms with Crippen molar-refractivity contribution in [2.75, 3.05) is 26.8 Å². The number of rotatable bonds is 7. The summed E-state index contributed by atoms with van der Waals surface area (Å²) in [7, 11) is 1.66. The lowest BCUT2D eigenvalue weighted by atomic mass is 9.99. The van der Waals surface area contributed by atoms with Crippen LogP contribution in [0, 0.1) is 0 Å². The topological polar surface area (TPSA) is 86.4 Å². The second kappa shape index (κ2) is 7.71. The van der Waals surface area contributed by atoms with Crippen LogP contribution in [0.15, 0.2) is 41.3 Å². The molecule has 4 rings (SSSR count). The Balaban J connectivity index is 1.36. The van der Waals surface area contributed by atoms with Crippen LogP contribution in [-0.4, -0.2) is 51.8 Å². The first-order valence-electron chi connectivity index (χ1n) is 8.89. The fraction of sp³-hybridized carbons (Fsp3) is 0.368. The van der Waals surface area contributed by atoms with Gasteiger partial charge in [-0.25, -0.2) is 4.98 Å². The Kier molecular flexibility index (Phi) is 4.97. The van der Waals surface area contributed by atoms with Gasteiger partial charge in [-0.2, -0.15) is 4.98 Å². The first-order valence-corrected chi connectivity index (χ1v) is 8.89. The van der Waals surface area contributed by atoms with E-state index >= 15 is 0 Å². The molecule has 0 saturated carbocycles. The quantitative estimate of drug-likeness (QED) is 0.630. The van der Waals surface area contributed by atoms with Crippen LogP contribution in [-0.2, 0) is 6.54 Å². The number of nitrogens with zero attached hydrogens (tertiary/aromatic N) is 5. The maximum Gasteiger partial charge on any atom is 0.232 e. The maximum absolute atomic E-state index is 5.57. The molecule has 3 aromatic rings. The number of aromatic nitrogens is 4. The van der Waals surface area contributed by atoms with Crippen LogP contribution in [0.2, 0.25) is 0 Å². The summed E-state index contributed by atoms with van der Waals surface area (Å²) >= 11 is 0. The molecule has 0 amide bonds. The highest BCUT2D eigenvalue weighted by Gasteiger charge is 2.32. The Hall–Kier alpha value is -3.00. The highest BCUT2D eigenvalue weighted by Crippen LogP contribution is 2.31. The first-order chi connectivity index (χ1) is 13.3. The van der Waals surface area contributed by atoms with Gasteiger partial charge in [0, 0.05) is 32.0 Å². The molecule has 1 aliphatic rings. The molecule has 0 unspecified atom stereocenters. The SMILES string of the molecule is CCOc1ccc(CN2CC(c3nc(-c4cnccn4)no3)C2)cc1OC. The van der Waals surface area contributed by atoms with Gasteiger partial charge >= 0.3 is 0 Å². The monoisotopic (exact) mass is 367 g/mol. The number of hydrogen-bond acceptors (Lipinski definition) is 8. The number of ether oxygens (including phenoxy) is 2. The molecule has 3 heterocycles. The maximum atomic E-state index is 5.57. The van der Waals surface area contributed by atoms with Crippen molar-refractivity contribution >= 4 is 0 Å². The molecular formula is C19H21N5O3. The summed E-state index contributed by atoms with van der Waals surface area (Å²) in [6.45, 7) is 5.16. The van der Waals surface area contributed by atoms with Crippen LogP contribution in [0.25, 0.3) is 11.5 Å². The molecule has 140 valence electrons. The van der Waals surface area contributed by atoms with Crippen LogP contribution >= 0.6 is 0 Å². The van der Waals surface area contributed by atoms with E-state index < -0.39 is 0 Å². The van der Waals surface area contributed by atoms with Crippen molar-refractivity contribution in [1.82, 2.24) is 25.0 Å². The van der Waals surface area contributed by atoms with Gasteiger partial charge in [-0.15, -0.1) is 0 Å². The van der Waals surface area contributed by atoms with Gasteiger partial charge in [0.1, 0.15) is 5.69 Å². The third-order valence-electron chi connectivity index (χ3n) is 4.47. The lowest BCUT2D eigenvalue weighted by Crippen LogP contribution is -2.44. The van der Waals surface area contributed by atoms with E-state index in [9.17, 15) is 0 Å². The summed E-state index contributed by atoms with van der Waals surface area (Å²) in [6.07, 6.45) is 4.85. The summed E-state index contributed by atoms with van der Waals surface area (Å²) < 4.78 is 16.4. The third-order valence-corrected chi connectivity index (χ3v) is 4.47. The predicted octanol–water partition coefficient (Wildman–Crippen LogP) is 2.53. The second-order valence-corrected chi connectivity index (χ2v) is 6.36. The fourth-order valence-corrected chi connectivity index (χ4v) is 3.12. The molecule has 0 bridgehead atoms. The van der Waals surface area contributed by atoms with Crippen LogP contribution in [0.1, 0.15) is 24.3 Å². The van der Waals surface area contributed by atoms with E-state index in [0.717, 1.165) is 31.1 Å². The number of likely N-dealkylation sites (tertiary alicyclic amines) is 1.